The van der Waals surface area contributed by atoms with Crippen molar-refractivity contribution < 1.29 is 18.8 Å². The molecule has 1 saturated heterocycles. The Kier molecular flexibility index (Phi) is 7.35. The summed E-state index contributed by atoms with van der Waals surface area (Å²) in [7, 11) is 0. The summed E-state index contributed by atoms with van der Waals surface area (Å²) in [5.41, 5.74) is 0.601. The lowest BCUT2D eigenvalue weighted by Crippen LogP contribution is -2.58. The van der Waals surface area contributed by atoms with Crippen LogP contribution >= 0.6 is 23.2 Å². The molecule has 166 valence electrons. The fourth-order valence-electron chi connectivity index (χ4n) is 3.63. The Bertz CT molecular complexity index is 974. The van der Waals surface area contributed by atoms with Gasteiger partial charge in [-0.1, -0.05) is 35.3 Å². The Morgan fingerprint density at radius 2 is 1.87 bits per heavy atom. The second-order valence-corrected chi connectivity index (χ2v) is 8.43. The summed E-state index contributed by atoms with van der Waals surface area (Å²) in [5, 5.41) is 11.3. The van der Waals surface area contributed by atoms with Gasteiger partial charge in [-0.3, -0.25) is 19.8 Å². The molecule has 3 rings (SSSR count). The van der Waals surface area contributed by atoms with E-state index in [1.807, 2.05) is 13.8 Å². The molecule has 31 heavy (non-hydrogen) atoms. The molecule has 1 heterocycles. The fourth-order valence-corrected chi connectivity index (χ4v) is 4.17. The van der Waals surface area contributed by atoms with Gasteiger partial charge in [-0.05, 0) is 37.6 Å². The van der Waals surface area contributed by atoms with E-state index in [2.05, 4.69) is 4.90 Å². The lowest BCUT2D eigenvalue weighted by atomic mass is 10.1. The summed E-state index contributed by atoms with van der Waals surface area (Å²) in [5.74, 6) is -0.747. The second kappa shape index (κ2) is 9.80. The third-order valence-electron chi connectivity index (χ3n) is 5.26. The molecule has 2 atom stereocenters. The highest BCUT2D eigenvalue weighted by molar-refractivity contribution is 6.36. The van der Waals surface area contributed by atoms with Crippen LogP contribution < -0.4 is 4.74 Å². The predicted octanol–water partition coefficient (Wildman–Crippen LogP) is 4.54. The highest BCUT2D eigenvalue weighted by Gasteiger charge is 2.32. The minimum atomic E-state index is -0.656. The Hall–Kier alpha value is -2.42. The first-order valence-electron chi connectivity index (χ1n) is 9.70. The van der Waals surface area contributed by atoms with E-state index in [1.54, 1.807) is 17.0 Å². The Balaban J connectivity index is 1.63. The number of rotatable bonds is 6. The van der Waals surface area contributed by atoms with Gasteiger partial charge in [-0.2, -0.15) is 0 Å². The number of nitro groups is 1. The molecule has 0 radical (unpaired) electrons. The van der Waals surface area contributed by atoms with E-state index >= 15 is 0 Å². The van der Waals surface area contributed by atoms with Crippen LogP contribution in [0.4, 0.5) is 10.1 Å². The maximum absolute atomic E-state index is 13.1. The summed E-state index contributed by atoms with van der Waals surface area (Å²) in [6.07, 6.45) is 0. The molecule has 1 fully saturated rings. The van der Waals surface area contributed by atoms with Crippen molar-refractivity contribution in [1.82, 2.24) is 9.80 Å². The van der Waals surface area contributed by atoms with Crippen molar-refractivity contribution in [1.29, 1.82) is 0 Å². The van der Waals surface area contributed by atoms with Gasteiger partial charge in [0.2, 0.25) is 5.75 Å². The number of halogens is 3. The fraction of sp³-hybridized carbons (Fsp3) is 0.381. The van der Waals surface area contributed by atoms with Crippen molar-refractivity contribution in [2.45, 2.75) is 32.5 Å². The van der Waals surface area contributed by atoms with Crippen LogP contribution in [0.25, 0.3) is 0 Å². The number of hydrogen-bond donors (Lipinski definition) is 0. The average molecular weight is 470 g/mol. The van der Waals surface area contributed by atoms with Crippen molar-refractivity contribution in [2.75, 3.05) is 19.7 Å². The number of carbonyl (C=O) groups is 1. The maximum Gasteiger partial charge on any atom is 0.314 e. The first-order chi connectivity index (χ1) is 14.7. The number of piperazine rings is 1. The standard InChI is InChI=1S/C21H22Cl2FN3O4/c1-13-10-26(14(2)9-25(13)11-15-3-5-17(24)6-4-15)20(28)12-31-21-18(23)7-16(22)8-19(21)27(29)30/h3-8,13-14H,9-12H2,1-2H3. The monoisotopic (exact) mass is 469 g/mol. The summed E-state index contributed by atoms with van der Waals surface area (Å²) in [6, 6.07) is 8.80. The molecule has 0 N–H and O–H groups in total. The van der Waals surface area contributed by atoms with Crippen LogP contribution in [-0.2, 0) is 11.3 Å². The van der Waals surface area contributed by atoms with Crippen LogP contribution in [-0.4, -0.2) is 52.4 Å². The predicted molar refractivity (Wildman–Crippen MR) is 116 cm³/mol. The van der Waals surface area contributed by atoms with E-state index in [4.69, 9.17) is 27.9 Å². The maximum atomic E-state index is 13.1. The van der Waals surface area contributed by atoms with Gasteiger partial charge >= 0.3 is 5.69 Å². The van der Waals surface area contributed by atoms with E-state index in [-0.39, 0.29) is 46.2 Å². The Morgan fingerprint density at radius 3 is 2.52 bits per heavy atom. The summed E-state index contributed by atoms with van der Waals surface area (Å²) >= 11 is 11.9. The van der Waals surface area contributed by atoms with Crippen LogP contribution in [0.2, 0.25) is 10.0 Å². The third kappa shape index (κ3) is 5.64. The smallest absolute Gasteiger partial charge is 0.314 e. The molecule has 0 bridgehead atoms. The molecule has 2 aromatic carbocycles. The minimum Gasteiger partial charge on any atom is -0.476 e. The molecule has 2 unspecified atom stereocenters. The van der Waals surface area contributed by atoms with Gasteiger partial charge in [-0.15, -0.1) is 0 Å². The first-order valence-corrected chi connectivity index (χ1v) is 10.5. The number of amides is 1. The van der Waals surface area contributed by atoms with E-state index in [0.717, 1.165) is 11.6 Å². The number of ether oxygens (including phenoxy) is 1. The molecular weight excluding hydrogens is 448 g/mol. The Labute approximate surface area is 189 Å². The molecule has 2 aromatic rings. The van der Waals surface area contributed by atoms with Gasteiger partial charge in [0.05, 0.1) is 9.95 Å². The lowest BCUT2D eigenvalue weighted by Gasteiger charge is -2.44. The largest absolute Gasteiger partial charge is 0.476 e. The molecule has 7 nitrogen and oxygen atoms in total. The number of benzene rings is 2. The van der Waals surface area contributed by atoms with Gasteiger partial charge in [0, 0.05) is 42.8 Å². The van der Waals surface area contributed by atoms with Gasteiger partial charge in [0.25, 0.3) is 5.91 Å². The van der Waals surface area contributed by atoms with Crippen LogP contribution in [0.1, 0.15) is 19.4 Å². The molecule has 0 aliphatic carbocycles. The van der Waals surface area contributed by atoms with Crippen molar-refractivity contribution in [3.8, 4) is 5.75 Å². The number of carbonyl (C=O) groups excluding carboxylic acids is 1. The molecule has 10 heteroatoms. The third-order valence-corrected chi connectivity index (χ3v) is 5.76. The van der Waals surface area contributed by atoms with E-state index < -0.39 is 10.6 Å². The van der Waals surface area contributed by atoms with Crippen molar-refractivity contribution in [3.63, 3.8) is 0 Å². The summed E-state index contributed by atoms with van der Waals surface area (Å²) < 4.78 is 18.6. The zero-order valence-corrected chi connectivity index (χ0v) is 18.6. The highest BCUT2D eigenvalue weighted by Crippen LogP contribution is 2.37. The van der Waals surface area contributed by atoms with E-state index in [9.17, 15) is 19.3 Å². The zero-order valence-electron chi connectivity index (χ0n) is 17.1. The molecule has 0 spiro atoms. The van der Waals surface area contributed by atoms with Gasteiger partial charge in [0.15, 0.2) is 6.61 Å². The molecule has 1 aliphatic rings. The minimum absolute atomic E-state index is 0.0301. The molecule has 1 amide bonds. The van der Waals surface area contributed by atoms with E-state index in [1.165, 1.54) is 18.2 Å². The second-order valence-electron chi connectivity index (χ2n) is 7.58. The van der Waals surface area contributed by atoms with E-state index in [0.29, 0.717) is 19.6 Å². The van der Waals surface area contributed by atoms with Crippen LogP contribution in [0.15, 0.2) is 36.4 Å². The zero-order chi connectivity index (χ0) is 22.7. The van der Waals surface area contributed by atoms with Crippen LogP contribution in [0.5, 0.6) is 5.75 Å². The van der Waals surface area contributed by atoms with Crippen molar-refractivity contribution in [2.24, 2.45) is 0 Å². The van der Waals surface area contributed by atoms with Crippen LogP contribution in [0, 0.1) is 15.9 Å². The van der Waals surface area contributed by atoms with Crippen LogP contribution in [0.3, 0.4) is 0 Å². The number of hydrogen-bond acceptors (Lipinski definition) is 5. The molecular formula is C21H22Cl2FN3O4. The van der Waals surface area contributed by atoms with Gasteiger partial charge in [0.1, 0.15) is 5.82 Å². The molecule has 0 aromatic heterocycles. The van der Waals surface area contributed by atoms with Gasteiger partial charge < -0.3 is 9.64 Å². The van der Waals surface area contributed by atoms with Crippen molar-refractivity contribution >= 4 is 34.8 Å². The number of nitro benzene ring substituents is 1. The SMILES string of the molecule is CC1CN(C(=O)COc2c(Cl)cc(Cl)cc2[N+](=O)[O-])C(C)CN1Cc1ccc(F)cc1. The highest BCUT2D eigenvalue weighted by atomic mass is 35.5. The quantitative estimate of drug-likeness (QED) is 0.458. The molecule has 0 saturated carbocycles. The summed E-state index contributed by atoms with van der Waals surface area (Å²) in [4.78, 5) is 27.3. The first kappa shape index (κ1) is 23.2. The Morgan fingerprint density at radius 1 is 1.19 bits per heavy atom. The topological polar surface area (TPSA) is 75.9 Å². The van der Waals surface area contributed by atoms with Crippen molar-refractivity contribution in [3.05, 3.63) is 67.9 Å². The van der Waals surface area contributed by atoms with Gasteiger partial charge in [-0.25, -0.2) is 4.39 Å². The number of nitrogens with zero attached hydrogens (tertiary/aromatic N) is 3. The summed E-state index contributed by atoms with van der Waals surface area (Å²) in [6.45, 7) is 5.32. The average Bonchev–Trinajstić information content (AvgIpc) is 2.70. The molecule has 1 aliphatic heterocycles. The lowest BCUT2D eigenvalue weighted by molar-refractivity contribution is -0.385. The normalized spacial score (nSPS) is 19.3.